The molecule has 0 saturated carbocycles. The maximum absolute atomic E-state index is 14.2. The van der Waals surface area contributed by atoms with E-state index >= 15 is 0 Å². The van der Waals surface area contributed by atoms with Crippen LogP contribution in [0, 0.1) is 17.8 Å². The van der Waals surface area contributed by atoms with Crippen LogP contribution in [0.3, 0.4) is 0 Å². The number of phenols is 1. The van der Waals surface area contributed by atoms with E-state index in [0.717, 1.165) is 24.4 Å². The van der Waals surface area contributed by atoms with Crippen LogP contribution in [-0.2, 0) is 23.9 Å². The number of carbonyl (C=O) groups is 4. The summed E-state index contributed by atoms with van der Waals surface area (Å²) in [6.07, 6.45) is 3.89. The molecule has 2 fully saturated rings. The average molecular weight is 660 g/mol. The predicted octanol–water partition coefficient (Wildman–Crippen LogP) is 4.63. The minimum Gasteiger partial charge on any atom is -0.503 e. The fourth-order valence-electron chi connectivity index (χ4n) is 7.55. The molecule has 2 saturated heterocycles. The largest absolute Gasteiger partial charge is 0.503 e. The summed E-state index contributed by atoms with van der Waals surface area (Å²) in [4.78, 5) is 58.6. The number of halogens is 1. The van der Waals surface area contributed by atoms with E-state index in [2.05, 4.69) is 20.8 Å². The fourth-order valence-corrected chi connectivity index (χ4v) is 8.01. The first kappa shape index (κ1) is 28.7. The van der Waals surface area contributed by atoms with Gasteiger partial charge in [0.05, 0.1) is 42.3 Å². The first-order valence-electron chi connectivity index (χ1n) is 14.8. The molecule has 0 aromatic heterocycles. The van der Waals surface area contributed by atoms with E-state index in [-0.39, 0.29) is 41.3 Å². The molecule has 2 heterocycles. The van der Waals surface area contributed by atoms with Crippen molar-refractivity contribution in [2.24, 2.45) is 17.8 Å². The number of ketones is 2. The molecule has 0 radical (unpaired) electrons. The highest BCUT2D eigenvalue weighted by Gasteiger charge is 2.56. The molecule has 0 unspecified atom stereocenters. The number of fused-ring (bicyclic) bond motifs is 3. The summed E-state index contributed by atoms with van der Waals surface area (Å²) in [7, 11) is 1.44. The SMILES string of the molecule is COc1cc([C@H]2C3=CC[C@@H]4C(=O)N(c5ccc(N6CCOCC6)cc5)C(=O)[C@@H]4[C@@H]3CC3=C2C(=O)C(C)=CC3=O)cc(Br)c1O. The van der Waals surface area contributed by atoms with Gasteiger partial charge < -0.3 is 19.5 Å². The van der Waals surface area contributed by atoms with Gasteiger partial charge in [0.1, 0.15) is 0 Å². The lowest BCUT2D eigenvalue weighted by Crippen LogP contribution is -2.39. The van der Waals surface area contributed by atoms with Crippen LogP contribution in [0.2, 0.25) is 0 Å². The highest BCUT2D eigenvalue weighted by atomic mass is 79.9. The minimum atomic E-state index is -0.671. The van der Waals surface area contributed by atoms with E-state index in [4.69, 9.17) is 9.47 Å². The number of nitrogens with zero attached hydrogens (tertiary/aromatic N) is 2. The van der Waals surface area contributed by atoms with E-state index in [1.807, 2.05) is 30.3 Å². The molecule has 9 nitrogen and oxygen atoms in total. The van der Waals surface area contributed by atoms with Gasteiger partial charge in [-0.25, -0.2) is 0 Å². The van der Waals surface area contributed by atoms with Crippen molar-refractivity contribution in [1.29, 1.82) is 0 Å². The van der Waals surface area contributed by atoms with Crippen molar-refractivity contribution in [3.05, 3.63) is 80.9 Å². The molecule has 0 bridgehead atoms. The Balaban J connectivity index is 1.28. The average Bonchev–Trinajstić information content (AvgIpc) is 3.30. The number of morpholine rings is 1. The second kappa shape index (κ2) is 10.9. The molecule has 226 valence electrons. The van der Waals surface area contributed by atoms with Crippen LogP contribution in [0.15, 0.2) is 75.3 Å². The molecule has 1 N–H and O–H groups in total. The van der Waals surface area contributed by atoms with E-state index in [9.17, 15) is 24.3 Å². The Bertz CT molecular complexity index is 1720. The zero-order valence-corrected chi connectivity index (χ0v) is 25.9. The Hall–Kier alpha value is -4.02. The number of aromatic hydroxyl groups is 1. The lowest BCUT2D eigenvalue weighted by molar-refractivity contribution is -0.123. The van der Waals surface area contributed by atoms with Crippen LogP contribution in [0.5, 0.6) is 11.5 Å². The summed E-state index contributed by atoms with van der Waals surface area (Å²) in [5, 5.41) is 10.5. The van der Waals surface area contributed by atoms with E-state index in [1.54, 1.807) is 19.1 Å². The molecular formula is C34H31BrN2O7. The number of amides is 2. The monoisotopic (exact) mass is 658 g/mol. The van der Waals surface area contributed by atoms with Crippen molar-refractivity contribution >= 4 is 50.7 Å². The van der Waals surface area contributed by atoms with Gasteiger partial charge in [-0.2, -0.15) is 0 Å². The van der Waals surface area contributed by atoms with Crippen LogP contribution >= 0.6 is 15.9 Å². The molecular weight excluding hydrogens is 628 g/mol. The summed E-state index contributed by atoms with van der Waals surface area (Å²) in [6, 6.07) is 10.9. The molecule has 4 atom stereocenters. The third-order valence-electron chi connectivity index (χ3n) is 9.65. The predicted molar refractivity (Wildman–Crippen MR) is 166 cm³/mol. The number of methoxy groups -OCH3 is 1. The number of hydrogen-bond donors (Lipinski definition) is 1. The zero-order valence-electron chi connectivity index (χ0n) is 24.3. The van der Waals surface area contributed by atoms with Gasteiger partial charge in [0.25, 0.3) is 0 Å². The van der Waals surface area contributed by atoms with E-state index in [0.29, 0.717) is 52.1 Å². The molecule has 44 heavy (non-hydrogen) atoms. The number of benzene rings is 2. The van der Waals surface area contributed by atoms with Gasteiger partial charge >= 0.3 is 0 Å². The number of anilines is 2. The molecule has 7 rings (SSSR count). The van der Waals surface area contributed by atoms with Crippen molar-refractivity contribution in [3.8, 4) is 11.5 Å². The Morgan fingerprint density at radius 1 is 0.977 bits per heavy atom. The van der Waals surface area contributed by atoms with E-state index < -0.39 is 23.7 Å². The Kier molecular flexibility index (Phi) is 7.09. The molecule has 2 aliphatic heterocycles. The molecule has 10 heteroatoms. The van der Waals surface area contributed by atoms with Gasteiger partial charge in [-0.05, 0) is 89.7 Å². The topological polar surface area (TPSA) is 113 Å². The van der Waals surface area contributed by atoms with Crippen LogP contribution in [0.1, 0.15) is 31.2 Å². The highest BCUT2D eigenvalue weighted by molar-refractivity contribution is 9.10. The number of carbonyl (C=O) groups excluding carboxylic acids is 4. The van der Waals surface area contributed by atoms with Gasteiger partial charge in [0, 0.05) is 41.4 Å². The Morgan fingerprint density at radius 3 is 2.39 bits per heavy atom. The third-order valence-corrected chi connectivity index (χ3v) is 10.3. The molecule has 5 aliphatic rings. The van der Waals surface area contributed by atoms with Crippen molar-refractivity contribution in [2.75, 3.05) is 43.2 Å². The number of Topliss-reactive ketones (excluding diaryl/α,β-unsaturated/α-hetero) is 1. The zero-order chi connectivity index (χ0) is 30.9. The molecule has 3 aliphatic carbocycles. The first-order chi connectivity index (χ1) is 21.2. The molecule has 2 aromatic carbocycles. The van der Waals surface area contributed by atoms with Crippen LogP contribution in [0.4, 0.5) is 11.4 Å². The standard InChI is InChI=1S/C34H31BrN2O7/c1-17-13-26(38)24-16-23-21(28(30(24)31(17)39)18-14-25(35)32(40)27(15-18)43-2)7-8-22-29(23)34(42)37(33(22)41)20-5-3-19(4-6-20)36-9-11-44-12-10-36/h3-7,13-15,22-23,28-29,40H,8-12,16H2,1-2H3/t22-,23+,28-,29-/m0/s1. The number of phenolic OH excluding ortho intramolecular Hbond substituents is 1. The number of ether oxygens (including phenoxy) is 2. The van der Waals surface area contributed by atoms with Gasteiger partial charge in [-0.15, -0.1) is 0 Å². The minimum absolute atomic E-state index is 0.0792. The highest BCUT2D eigenvalue weighted by Crippen LogP contribution is 2.56. The van der Waals surface area contributed by atoms with Gasteiger partial charge in [0.2, 0.25) is 11.8 Å². The smallest absolute Gasteiger partial charge is 0.238 e. The lowest BCUT2D eigenvalue weighted by Gasteiger charge is -2.42. The quantitative estimate of drug-likeness (QED) is 0.287. The summed E-state index contributed by atoms with van der Waals surface area (Å²) in [5.74, 6) is -3.19. The van der Waals surface area contributed by atoms with Gasteiger partial charge in [-0.3, -0.25) is 24.1 Å². The third kappa shape index (κ3) is 4.37. The summed E-state index contributed by atoms with van der Waals surface area (Å²) >= 11 is 3.40. The summed E-state index contributed by atoms with van der Waals surface area (Å²) in [5.41, 5.74) is 4.15. The van der Waals surface area contributed by atoms with Crippen molar-refractivity contribution in [1.82, 2.24) is 0 Å². The maximum Gasteiger partial charge on any atom is 0.238 e. The van der Waals surface area contributed by atoms with E-state index in [1.165, 1.54) is 18.1 Å². The number of rotatable bonds is 4. The lowest BCUT2D eigenvalue weighted by atomic mass is 9.59. The number of allylic oxidation sites excluding steroid dienone is 6. The normalized spacial score (nSPS) is 26.7. The van der Waals surface area contributed by atoms with Crippen molar-refractivity contribution in [3.63, 3.8) is 0 Å². The summed E-state index contributed by atoms with van der Waals surface area (Å²) in [6.45, 7) is 4.50. The molecule has 2 aromatic rings. The van der Waals surface area contributed by atoms with Crippen LogP contribution in [0.25, 0.3) is 0 Å². The number of hydrogen-bond acceptors (Lipinski definition) is 8. The second-order valence-electron chi connectivity index (χ2n) is 11.9. The molecule has 0 spiro atoms. The maximum atomic E-state index is 14.2. The van der Waals surface area contributed by atoms with Crippen LogP contribution in [-0.4, -0.2) is 61.9 Å². The van der Waals surface area contributed by atoms with Gasteiger partial charge in [0.15, 0.2) is 23.1 Å². The van der Waals surface area contributed by atoms with Crippen LogP contribution < -0.4 is 14.5 Å². The number of imide groups is 1. The van der Waals surface area contributed by atoms with Crippen molar-refractivity contribution in [2.45, 2.75) is 25.7 Å². The Labute approximate surface area is 262 Å². The Morgan fingerprint density at radius 2 is 1.68 bits per heavy atom. The second-order valence-corrected chi connectivity index (χ2v) is 12.8. The molecule has 2 amide bonds. The first-order valence-corrected chi connectivity index (χ1v) is 15.6. The van der Waals surface area contributed by atoms with Crippen molar-refractivity contribution < 1.29 is 33.8 Å². The summed E-state index contributed by atoms with van der Waals surface area (Å²) < 4.78 is 11.2. The van der Waals surface area contributed by atoms with Gasteiger partial charge in [-0.1, -0.05) is 11.6 Å². The fraction of sp³-hybridized carbons (Fsp3) is 0.353.